The molecule has 1 amide bonds. The normalized spacial score (nSPS) is 14.2. The van der Waals surface area contributed by atoms with Crippen LogP contribution in [0.2, 0.25) is 0 Å². The van der Waals surface area contributed by atoms with Crippen molar-refractivity contribution in [2.24, 2.45) is 0 Å². The average Bonchev–Trinajstić information content (AvgIpc) is 2.71. The van der Waals surface area contributed by atoms with Gasteiger partial charge in [0.05, 0.1) is 22.9 Å². The zero-order valence-corrected chi connectivity index (χ0v) is 15.3. The summed E-state index contributed by atoms with van der Waals surface area (Å²) in [6, 6.07) is 7.38. The number of aromatic nitrogens is 3. The highest BCUT2D eigenvalue weighted by Gasteiger charge is 2.17. The number of benzene rings is 1. The van der Waals surface area contributed by atoms with Crippen LogP contribution in [0.25, 0.3) is 10.9 Å². The number of fused-ring (bicyclic) bond motifs is 1. The number of nitrogens with one attached hydrogen (secondary N) is 1. The van der Waals surface area contributed by atoms with Crippen LogP contribution in [0.3, 0.4) is 0 Å². The number of carbonyl (C=O) groups is 1. The monoisotopic (exact) mass is 381 g/mol. The molecule has 0 spiro atoms. The van der Waals surface area contributed by atoms with Gasteiger partial charge in [-0.1, -0.05) is 0 Å². The van der Waals surface area contributed by atoms with E-state index >= 15 is 0 Å². The second kappa shape index (κ2) is 7.75. The van der Waals surface area contributed by atoms with E-state index in [2.05, 4.69) is 20.2 Å². The number of carbonyl (C=O) groups excluding carboxylic acids is 1. The molecule has 7 nitrogen and oxygen atoms in total. The Labute approximate surface area is 160 Å². The van der Waals surface area contributed by atoms with Gasteiger partial charge in [-0.25, -0.2) is 14.4 Å². The number of piperidine rings is 1. The molecule has 0 unspecified atom stereocenters. The second-order valence-electron chi connectivity index (χ2n) is 6.81. The van der Waals surface area contributed by atoms with E-state index in [9.17, 15) is 14.0 Å². The SMILES string of the molecule is O=C(Cn1cnc2ccc(F)cc2c1=O)Nc1cccnc1N1CCCCC1. The minimum absolute atomic E-state index is 0.144. The molecule has 1 aliphatic heterocycles. The van der Waals surface area contributed by atoms with Gasteiger partial charge in [0, 0.05) is 19.3 Å². The first-order chi connectivity index (χ1) is 13.6. The third-order valence-electron chi connectivity index (χ3n) is 4.82. The molecule has 0 bridgehead atoms. The van der Waals surface area contributed by atoms with Gasteiger partial charge in [0.15, 0.2) is 5.82 Å². The first kappa shape index (κ1) is 18.1. The summed E-state index contributed by atoms with van der Waals surface area (Å²) in [5.41, 5.74) is 0.548. The van der Waals surface area contributed by atoms with Crippen molar-refractivity contribution >= 4 is 28.3 Å². The summed E-state index contributed by atoms with van der Waals surface area (Å²) in [4.78, 5) is 35.8. The summed E-state index contributed by atoms with van der Waals surface area (Å²) in [6.45, 7) is 1.59. The molecule has 4 rings (SSSR count). The number of amides is 1. The van der Waals surface area contributed by atoms with E-state index in [-0.39, 0.29) is 17.8 Å². The third kappa shape index (κ3) is 3.71. The molecule has 1 aromatic carbocycles. The lowest BCUT2D eigenvalue weighted by molar-refractivity contribution is -0.116. The van der Waals surface area contributed by atoms with E-state index in [1.165, 1.54) is 29.4 Å². The fraction of sp³-hybridized carbons (Fsp3) is 0.300. The van der Waals surface area contributed by atoms with Crippen molar-refractivity contribution < 1.29 is 9.18 Å². The highest BCUT2D eigenvalue weighted by atomic mass is 19.1. The van der Waals surface area contributed by atoms with Gasteiger partial charge in [-0.05, 0) is 49.6 Å². The van der Waals surface area contributed by atoms with E-state index in [0.29, 0.717) is 11.2 Å². The topological polar surface area (TPSA) is 80.1 Å². The summed E-state index contributed by atoms with van der Waals surface area (Å²) in [6.07, 6.45) is 6.39. The van der Waals surface area contributed by atoms with Gasteiger partial charge in [0.2, 0.25) is 5.91 Å². The van der Waals surface area contributed by atoms with E-state index < -0.39 is 11.4 Å². The van der Waals surface area contributed by atoms with Gasteiger partial charge in [-0.2, -0.15) is 0 Å². The minimum Gasteiger partial charge on any atom is -0.355 e. The van der Waals surface area contributed by atoms with Crippen LogP contribution >= 0.6 is 0 Å². The van der Waals surface area contributed by atoms with Crippen LogP contribution in [0.5, 0.6) is 0 Å². The molecule has 0 aliphatic carbocycles. The molecule has 0 radical (unpaired) electrons. The molecule has 1 fully saturated rings. The molecule has 144 valence electrons. The van der Waals surface area contributed by atoms with Gasteiger partial charge in [-0.15, -0.1) is 0 Å². The number of hydrogen-bond donors (Lipinski definition) is 1. The van der Waals surface area contributed by atoms with Gasteiger partial charge < -0.3 is 10.2 Å². The molecule has 28 heavy (non-hydrogen) atoms. The fourth-order valence-corrected chi connectivity index (χ4v) is 3.44. The number of halogens is 1. The maximum absolute atomic E-state index is 13.5. The molecule has 3 heterocycles. The van der Waals surface area contributed by atoms with Gasteiger partial charge in [0.1, 0.15) is 12.4 Å². The average molecular weight is 381 g/mol. The summed E-state index contributed by atoms with van der Waals surface area (Å²) < 4.78 is 14.6. The van der Waals surface area contributed by atoms with Crippen molar-refractivity contribution in [3.63, 3.8) is 0 Å². The number of pyridine rings is 1. The van der Waals surface area contributed by atoms with Crippen LogP contribution in [-0.4, -0.2) is 33.5 Å². The Morgan fingerprint density at radius 2 is 1.96 bits per heavy atom. The smallest absolute Gasteiger partial charge is 0.261 e. The molecule has 0 atom stereocenters. The lowest BCUT2D eigenvalue weighted by Gasteiger charge is -2.29. The molecule has 2 aromatic heterocycles. The predicted molar refractivity (Wildman–Crippen MR) is 105 cm³/mol. The lowest BCUT2D eigenvalue weighted by Crippen LogP contribution is -2.32. The van der Waals surface area contributed by atoms with Gasteiger partial charge in [0.25, 0.3) is 5.56 Å². The van der Waals surface area contributed by atoms with E-state index in [1.807, 2.05) is 0 Å². The molecule has 8 heteroatoms. The minimum atomic E-state index is -0.518. The Hall–Kier alpha value is -3.29. The standard InChI is InChI=1S/C20H20FN5O2/c21-14-6-7-16-15(11-14)20(28)26(13-23-16)12-18(27)24-17-5-4-8-22-19(17)25-9-2-1-3-10-25/h4-8,11,13H,1-3,9-10,12H2,(H,24,27). The van der Waals surface area contributed by atoms with Crippen molar-refractivity contribution in [1.82, 2.24) is 14.5 Å². The zero-order valence-electron chi connectivity index (χ0n) is 15.3. The van der Waals surface area contributed by atoms with Crippen LogP contribution in [0, 0.1) is 5.82 Å². The molecular formula is C20H20FN5O2. The van der Waals surface area contributed by atoms with Crippen LogP contribution < -0.4 is 15.8 Å². The molecule has 1 aliphatic rings. The van der Waals surface area contributed by atoms with Crippen molar-refractivity contribution in [2.45, 2.75) is 25.8 Å². The molecule has 1 saturated heterocycles. The third-order valence-corrected chi connectivity index (χ3v) is 4.82. The zero-order chi connectivity index (χ0) is 19.5. The van der Waals surface area contributed by atoms with Crippen molar-refractivity contribution in [3.05, 3.63) is 59.0 Å². The van der Waals surface area contributed by atoms with E-state index in [0.717, 1.165) is 37.8 Å². The Balaban J connectivity index is 1.55. The first-order valence-electron chi connectivity index (χ1n) is 9.26. The van der Waals surface area contributed by atoms with Crippen LogP contribution in [0.15, 0.2) is 47.7 Å². The number of anilines is 2. The van der Waals surface area contributed by atoms with Crippen molar-refractivity contribution in [3.8, 4) is 0 Å². The van der Waals surface area contributed by atoms with E-state index in [1.54, 1.807) is 18.3 Å². The summed E-state index contributed by atoms with van der Waals surface area (Å²) >= 11 is 0. The van der Waals surface area contributed by atoms with Crippen LogP contribution in [0.4, 0.5) is 15.9 Å². The predicted octanol–water partition coefficient (Wildman–Crippen LogP) is 2.56. The van der Waals surface area contributed by atoms with E-state index in [4.69, 9.17) is 0 Å². The Morgan fingerprint density at radius 1 is 1.14 bits per heavy atom. The van der Waals surface area contributed by atoms with Crippen molar-refractivity contribution in [1.29, 1.82) is 0 Å². The van der Waals surface area contributed by atoms with Gasteiger partial charge >= 0.3 is 0 Å². The Bertz CT molecular complexity index is 1080. The lowest BCUT2D eigenvalue weighted by atomic mass is 10.1. The summed E-state index contributed by atoms with van der Waals surface area (Å²) in [5.74, 6) is -0.150. The molecule has 1 N–H and O–H groups in total. The highest BCUT2D eigenvalue weighted by Crippen LogP contribution is 2.25. The molecule has 0 saturated carbocycles. The summed E-state index contributed by atoms with van der Waals surface area (Å²) in [7, 11) is 0. The summed E-state index contributed by atoms with van der Waals surface area (Å²) in [5, 5.41) is 2.98. The molecule has 3 aromatic rings. The molecular weight excluding hydrogens is 361 g/mol. The quantitative estimate of drug-likeness (QED) is 0.751. The fourth-order valence-electron chi connectivity index (χ4n) is 3.44. The van der Waals surface area contributed by atoms with Crippen LogP contribution in [-0.2, 0) is 11.3 Å². The highest BCUT2D eigenvalue weighted by molar-refractivity contribution is 5.93. The Kier molecular flexibility index (Phi) is 5.01. The first-order valence-corrected chi connectivity index (χ1v) is 9.26. The number of rotatable bonds is 4. The maximum Gasteiger partial charge on any atom is 0.261 e. The Morgan fingerprint density at radius 3 is 2.79 bits per heavy atom. The van der Waals surface area contributed by atoms with Crippen LogP contribution in [0.1, 0.15) is 19.3 Å². The maximum atomic E-state index is 13.5. The number of nitrogens with zero attached hydrogens (tertiary/aromatic N) is 4. The second-order valence-corrected chi connectivity index (χ2v) is 6.81. The van der Waals surface area contributed by atoms with Crippen molar-refractivity contribution in [2.75, 3.05) is 23.3 Å². The largest absolute Gasteiger partial charge is 0.355 e. The van der Waals surface area contributed by atoms with Gasteiger partial charge in [-0.3, -0.25) is 14.2 Å². The number of hydrogen-bond acceptors (Lipinski definition) is 5.